The van der Waals surface area contributed by atoms with Gasteiger partial charge in [-0.2, -0.15) is 0 Å². The highest BCUT2D eigenvalue weighted by molar-refractivity contribution is 6.08. The molecule has 9 heteroatoms. The molecular weight excluding hydrogens is 328 g/mol. The summed E-state index contributed by atoms with van der Waals surface area (Å²) in [6, 6.07) is 1.69. The molecule has 0 aliphatic rings. The van der Waals surface area contributed by atoms with Gasteiger partial charge in [0.05, 0.1) is 18.1 Å². The zero-order chi connectivity index (χ0) is 17.8. The summed E-state index contributed by atoms with van der Waals surface area (Å²) in [5, 5.41) is 0. The van der Waals surface area contributed by atoms with Crippen molar-refractivity contribution in [2.45, 2.75) is 13.3 Å². The monoisotopic (exact) mass is 343 g/mol. The van der Waals surface area contributed by atoms with E-state index in [2.05, 4.69) is 24.9 Å². The molecule has 0 saturated carbocycles. The van der Waals surface area contributed by atoms with Crippen molar-refractivity contribution in [3.63, 3.8) is 0 Å². The zero-order valence-electron chi connectivity index (χ0n) is 13.3. The second-order valence-corrected chi connectivity index (χ2v) is 5.00. The maximum atomic E-state index is 12.9. The number of nitrogens with zero attached hydrogens (tertiary/aromatic N) is 6. The number of aliphatic imine (C=N–C) groups is 1. The van der Waals surface area contributed by atoms with Gasteiger partial charge in [0.1, 0.15) is 11.4 Å². The third-order valence-corrected chi connectivity index (χ3v) is 3.41. The third kappa shape index (κ3) is 3.35. The molecule has 0 unspecified atom stereocenters. The van der Waals surface area contributed by atoms with E-state index in [1.54, 1.807) is 18.5 Å². The van der Waals surface area contributed by atoms with Gasteiger partial charge in [-0.05, 0) is 13.0 Å². The van der Waals surface area contributed by atoms with Gasteiger partial charge < -0.3 is 5.73 Å². The first-order chi connectivity index (χ1) is 12.1. The lowest BCUT2D eigenvalue weighted by molar-refractivity contribution is 0.145. The molecule has 0 amide bonds. The number of rotatable bonds is 5. The van der Waals surface area contributed by atoms with Crippen molar-refractivity contribution >= 4 is 17.4 Å². The fourth-order valence-corrected chi connectivity index (χ4v) is 2.21. The summed E-state index contributed by atoms with van der Waals surface area (Å²) in [4.78, 5) is 20.6. The predicted octanol–water partition coefficient (Wildman–Crippen LogP) is 2.51. The van der Waals surface area contributed by atoms with E-state index in [9.17, 15) is 8.78 Å². The minimum Gasteiger partial charge on any atom is -0.404 e. The molecule has 2 N–H and O–H groups in total. The van der Waals surface area contributed by atoms with Crippen LogP contribution in [0.2, 0.25) is 0 Å². The van der Waals surface area contributed by atoms with Crippen molar-refractivity contribution in [1.82, 2.24) is 24.3 Å². The van der Waals surface area contributed by atoms with Crippen LogP contribution >= 0.6 is 0 Å². The summed E-state index contributed by atoms with van der Waals surface area (Å²) in [5.74, 6) is 0.334. The fraction of sp³-hybridized carbons (Fsp3) is 0.188. The number of hydrogen-bond acceptors (Lipinski definition) is 6. The van der Waals surface area contributed by atoms with Gasteiger partial charge in [-0.3, -0.25) is 9.39 Å². The summed E-state index contributed by atoms with van der Waals surface area (Å²) >= 11 is 0. The van der Waals surface area contributed by atoms with Gasteiger partial charge in [-0.1, -0.05) is 0 Å². The molecule has 3 heterocycles. The van der Waals surface area contributed by atoms with Crippen LogP contribution in [0.25, 0.3) is 22.7 Å². The Morgan fingerprint density at radius 3 is 2.88 bits per heavy atom. The fourth-order valence-electron chi connectivity index (χ4n) is 2.21. The van der Waals surface area contributed by atoms with Gasteiger partial charge >= 0.3 is 0 Å². The number of alkyl halides is 2. The van der Waals surface area contributed by atoms with E-state index in [1.165, 1.54) is 29.2 Å². The van der Waals surface area contributed by atoms with E-state index in [0.717, 1.165) is 0 Å². The van der Waals surface area contributed by atoms with Crippen molar-refractivity contribution in [3.05, 3.63) is 48.4 Å². The number of aromatic nitrogens is 5. The first-order valence-electron chi connectivity index (χ1n) is 7.50. The summed E-state index contributed by atoms with van der Waals surface area (Å²) in [6.45, 7) is 2.52. The molecule has 0 aliphatic carbocycles. The quantitative estimate of drug-likeness (QED) is 0.718. The first-order valence-corrected chi connectivity index (χ1v) is 7.50. The van der Waals surface area contributed by atoms with Crippen LogP contribution in [0.3, 0.4) is 0 Å². The number of hydrogen-bond donors (Lipinski definition) is 1. The average molecular weight is 343 g/mol. The highest BCUT2D eigenvalue weighted by Gasteiger charge is 2.14. The maximum Gasteiger partial charge on any atom is 0.281 e. The molecule has 7 nitrogen and oxygen atoms in total. The molecule has 0 atom stereocenters. The van der Waals surface area contributed by atoms with Gasteiger partial charge in [0.25, 0.3) is 6.43 Å². The van der Waals surface area contributed by atoms with E-state index >= 15 is 0 Å². The molecule has 0 bridgehead atoms. The molecule has 3 aromatic rings. The molecule has 3 aromatic heterocycles. The molecule has 0 fully saturated rings. The van der Waals surface area contributed by atoms with Crippen LogP contribution in [0.4, 0.5) is 8.78 Å². The second-order valence-electron chi connectivity index (χ2n) is 5.00. The highest BCUT2D eigenvalue weighted by atomic mass is 19.3. The largest absolute Gasteiger partial charge is 0.404 e. The Balaban J connectivity index is 2.08. The number of imidazole rings is 1. The molecular formula is C16H15F2N7. The molecule has 0 spiro atoms. The molecule has 3 rings (SSSR count). The van der Waals surface area contributed by atoms with E-state index in [4.69, 9.17) is 5.73 Å². The van der Waals surface area contributed by atoms with Crippen LogP contribution in [0.15, 0.2) is 42.0 Å². The second kappa shape index (κ2) is 7.12. The van der Waals surface area contributed by atoms with Crippen LogP contribution in [0, 0.1) is 0 Å². The number of halogens is 2. The van der Waals surface area contributed by atoms with Crippen molar-refractivity contribution in [2.24, 2.45) is 10.7 Å². The van der Waals surface area contributed by atoms with Crippen LogP contribution in [-0.2, 0) is 0 Å². The van der Waals surface area contributed by atoms with Gasteiger partial charge in [-0.15, -0.1) is 0 Å². The first kappa shape index (κ1) is 16.6. The minimum atomic E-state index is -2.68. The SMILES string of the molecule is CCN=C/C(=C\N)c1ccnc(-c2cnc3cnc(C(F)F)cn23)n1. The molecule has 0 aliphatic heterocycles. The average Bonchev–Trinajstić information content (AvgIpc) is 3.05. The molecule has 25 heavy (non-hydrogen) atoms. The van der Waals surface area contributed by atoms with Crippen molar-refractivity contribution < 1.29 is 8.78 Å². The smallest absolute Gasteiger partial charge is 0.281 e. The maximum absolute atomic E-state index is 12.9. The van der Waals surface area contributed by atoms with E-state index in [-0.39, 0.29) is 5.69 Å². The topological polar surface area (TPSA) is 94.3 Å². The van der Waals surface area contributed by atoms with Gasteiger partial charge in [-0.25, -0.2) is 28.7 Å². The Morgan fingerprint density at radius 2 is 2.16 bits per heavy atom. The van der Waals surface area contributed by atoms with E-state index in [1.807, 2.05) is 6.92 Å². The molecule has 0 saturated heterocycles. The Labute approximate surface area is 142 Å². The summed E-state index contributed by atoms with van der Waals surface area (Å²) in [6.07, 6.45) is 5.94. The van der Waals surface area contributed by atoms with Gasteiger partial charge in [0.15, 0.2) is 11.5 Å². The van der Waals surface area contributed by atoms with Gasteiger partial charge in [0, 0.05) is 36.9 Å². The minimum absolute atomic E-state index is 0.334. The lowest BCUT2D eigenvalue weighted by Crippen LogP contribution is -2.01. The summed E-state index contributed by atoms with van der Waals surface area (Å²) in [7, 11) is 0. The van der Waals surface area contributed by atoms with Crippen LogP contribution < -0.4 is 5.73 Å². The molecule has 0 aromatic carbocycles. The number of fused-ring (bicyclic) bond motifs is 1. The lowest BCUT2D eigenvalue weighted by atomic mass is 10.2. The lowest BCUT2D eigenvalue weighted by Gasteiger charge is -2.05. The van der Waals surface area contributed by atoms with Crippen LogP contribution in [0.1, 0.15) is 24.7 Å². The van der Waals surface area contributed by atoms with Gasteiger partial charge in [0.2, 0.25) is 0 Å². The Hall–Kier alpha value is -3.23. The zero-order valence-corrected chi connectivity index (χ0v) is 13.3. The third-order valence-electron chi connectivity index (χ3n) is 3.41. The van der Waals surface area contributed by atoms with Crippen molar-refractivity contribution in [3.8, 4) is 11.5 Å². The van der Waals surface area contributed by atoms with Crippen LogP contribution in [0.5, 0.6) is 0 Å². The molecule has 0 radical (unpaired) electrons. The number of allylic oxidation sites excluding steroid dienone is 1. The standard InChI is InChI=1S/C16H15F2N7/c1-2-20-6-10(5-19)11-3-4-21-16(24-11)13-7-23-14-8-22-12(15(17)18)9-25(13)14/h3-9,15H,2,19H2,1H3/b10-5+,20-6?. The van der Waals surface area contributed by atoms with Crippen LogP contribution in [-0.4, -0.2) is 37.1 Å². The summed E-state index contributed by atoms with van der Waals surface area (Å²) < 4.78 is 27.3. The van der Waals surface area contributed by atoms with Crippen molar-refractivity contribution in [2.75, 3.05) is 6.54 Å². The predicted molar refractivity (Wildman–Crippen MR) is 90.2 cm³/mol. The van der Waals surface area contributed by atoms with E-state index in [0.29, 0.717) is 35.0 Å². The Kier molecular flexibility index (Phi) is 4.73. The van der Waals surface area contributed by atoms with Crippen molar-refractivity contribution in [1.29, 1.82) is 0 Å². The number of nitrogens with two attached hydrogens (primary N) is 1. The summed E-state index contributed by atoms with van der Waals surface area (Å²) in [5.41, 5.74) is 7.40. The van der Waals surface area contributed by atoms with E-state index < -0.39 is 6.43 Å². The highest BCUT2D eigenvalue weighted by Crippen LogP contribution is 2.22. The normalized spacial score (nSPS) is 12.6. The Bertz CT molecular complexity index is 947. The Morgan fingerprint density at radius 1 is 1.32 bits per heavy atom. The molecule has 128 valence electrons.